The molecule has 0 bridgehead atoms. The summed E-state index contributed by atoms with van der Waals surface area (Å²) in [5.41, 5.74) is 1.10. The minimum atomic E-state index is -0.526. The first kappa shape index (κ1) is 18.2. The summed E-state index contributed by atoms with van der Waals surface area (Å²) in [5.74, 6) is 0.604. The van der Waals surface area contributed by atoms with Crippen molar-refractivity contribution in [1.29, 1.82) is 5.26 Å². The van der Waals surface area contributed by atoms with Gasteiger partial charge in [-0.3, -0.25) is 4.79 Å². The third kappa shape index (κ3) is 4.97. The van der Waals surface area contributed by atoms with Crippen molar-refractivity contribution in [3.8, 4) is 17.6 Å². The van der Waals surface area contributed by atoms with Crippen molar-refractivity contribution < 1.29 is 9.53 Å². The first-order chi connectivity index (χ1) is 13.2. The van der Waals surface area contributed by atoms with Gasteiger partial charge in [0, 0.05) is 5.02 Å². The van der Waals surface area contributed by atoms with E-state index in [2.05, 4.69) is 5.32 Å². The molecule has 0 aromatic heterocycles. The van der Waals surface area contributed by atoms with Crippen molar-refractivity contribution in [3.05, 3.63) is 95.0 Å². The Labute approximate surface area is 162 Å². The number of para-hydroxylation sites is 3. The summed E-state index contributed by atoms with van der Waals surface area (Å²) in [6, 6.07) is 25.1. The second-order valence-electron chi connectivity index (χ2n) is 5.59. The molecule has 0 fully saturated rings. The maximum absolute atomic E-state index is 12.5. The molecule has 0 aliphatic carbocycles. The lowest BCUT2D eigenvalue weighted by Crippen LogP contribution is -2.14. The summed E-state index contributed by atoms with van der Waals surface area (Å²) in [6.45, 7) is 0. The highest BCUT2D eigenvalue weighted by molar-refractivity contribution is 6.30. The smallest absolute Gasteiger partial charge is 0.266 e. The average molecular weight is 375 g/mol. The van der Waals surface area contributed by atoms with Crippen LogP contribution in [0.2, 0.25) is 5.02 Å². The summed E-state index contributed by atoms with van der Waals surface area (Å²) in [7, 11) is 0. The van der Waals surface area contributed by atoms with E-state index in [1.54, 1.807) is 48.5 Å². The molecule has 0 aliphatic rings. The van der Waals surface area contributed by atoms with Crippen LogP contribution in [-0.4, -0.2) is 5.91 Å². The van der Waals surface area contributed by atoms with E-state index in [4.69, 9.17) is 16.3 Å². The number of hydrogen-bond acceptors (Lipinski definition) is 3. The molecule has 3 aromatic rings. The van der Waals surface area contributed by atoms with Crippen LogP contribution in [0, 0.1) is 11.3 Å². The molecule has 3 rings (SSSR count). The molecule has 0 radical (unpaired) electrons. The SMILES string of the molecule is N#C/C(=C\c1cccc(Cl)c1)C(=O)Nc1ccccc1Oc1ccccc1. The van der Waals surface area contributed by atoms with E-state index < -0.39 is 5.91 Å². The van der Waals surface area contributed by atoms with Gasteiger partial charge in [-0.25, -0.2) is 0 Å². The zero-order valence-corrected chi connectivity index (χ0v) is 15.0. The predicted molar refractivity (Wildman–Crippen MR) is 107 cm³/mol. The van der Waals surface area contributed by atoms with E-state index in [0.29, 0.717) is 27.8 Å². The van der Waals surface area contributed by atoms with E-state index in [1.807, 2.05) is 36.4 Å². The Hall–Kier alpha value is -3.55. The van der Waals surface area contributed by atoms with Crippen molar-refractivity contribution in [1.82, 2.24) is 0 Å². The number of anilines is 1. The summed E-state index contributed by atoms with van der Waals surface area (Å²) < 4.78 is 5.82. The molecule has 0 aliphatic heterocycles. The topological polar surface area (TPSA) is 62.1 Å². The van der Waals surface area contributed by atoms with Crippen LogP contribution in [0.3, 0.4) is 0 Å². The summed E-state index contributed by atoms with van der Waals surface area (Å²) in [5, 5.41) is 12.6. The monoisotopic (exact) mass is 374 g/mol. The van der Waals surface area contributed by atoms with E-state index >= 15 is 0 Å². The molecular formula is C22H15ClN2O2. The Kier molecular flexibility index (Phi) is 5.88. The molecule has 27 heavy (non-hydrogen) atoms. The summed E-state index contributed by atoms with van der Waals surface area (Å²) in [6.07, 6.45) is 1.49. The van der Waals surface area contributed by atoms with Gasteiger partial charge >= 0.3 is 0 Å². The number of nitrogens with zero attached hydrogens (tertiary/aromatic N) is 1. The second kappa shape index (κ2) is 8.70. The molecular weight excluding hydrogens is 360 g/mol. The van der Waals surface area contributed by atoms with Crippen LogP contribution in [-0.2, 0) is 4.79 Å². The molecule has 4 nitrogen and oxygen atoms in total. The minimum Gasteiger partial charge on any atom is -0.455 e. The lowest BCUT2D eigenvalue weighted by molar-refractivity contribution is -0.112. The van der Waals surface area contributed by atoms with Gasteiger partial charge in [0.25, 0.3) is 5.91 Å². The quantitative estimate of drug-likeness (QED) is 0.461. The molecule has 132 valence electrons. The van der Waals surface area contributed by atoms with Crippen molar-refractivity contribution >= 4 is 29.3 Å². The number of nitrogens with one attached hydrogen (secondary N) is 1. The number of ether oxygens (including phenoxy) is 1. The summed E-state index contributed by atoms with van der Waals surface area (Å²) in [4.78, 5) is 12.5. The maximum Gasteiger partial charge on any atom is 0.266 e. The fraction of sp³-hybridized carbons (Fsp3) is 0. The number of carbonyl (C=O) groups excluding carboxylic acids is 1. The van der Waals surface area contributed by atoms with Crippen LogP contribution in [0.5, 0.6) is 11.5 Å². The third-order valence-corrected chi connectivity index (χ3v) is 3.87. The van der Waals surface area contributed by atoms with Gasteiger partial charge in [-0.2, -0.15) is 5.26 Å². The van der Waals surface area contributed by atoms with E-state index in [1.165, 1.54) is 6.08 Å². The largest absolute Gasteiger partial charge is 0.455 e. The fourth-order valence-corrected chi connectivity index (χ4v) is 2.57. The number of halogens is 1. The molecule has 3 aromatic carbocycles. The van der Waals surface area contributed by atoms with Gasteiger partial charge in [0.15, 0.2) is 5.75 Å². The highest BCUT2D eigenvalue weighted by atomic mass is 35.5. The van der Waals surface area contributed by atoms with Crippen molar-refractivity contribution in [2.45, 2.75) is 0 Å². The average Bonchev–Trinajstić information content (AvgIpc) is 2.68. The lowest BCUT2D eigenvalue weighted by atomic mass is 10.1. The van der Waals surface area contributed by atoms with Gasteiger partial charge in [0.2, 0.25) is 0 Å². The molecule has 0 saturated heterocycles. The van der Waals surface area contributed by atoms with Crippen LogP contribution >= 0.6 is 11.6 Å². The number of amides is 1. The number of rotatable bonds is 5. The Bertz CT molecular complexity index is 1020. The maximum atomic E-state index is 12.5. The first-order valence-electron chi connectivity index (χ1n) is 8.16. The molecule has 1 N–H and O–H groups in total. The Balaban J connectivity index is 1.82. The first-order valence-corrected chi connectivity index (χ1v) is 8.54. The van der Waals surface area contributed by atoms with Crippen LogP contribution < -0.4 is 10.1 Å². The number of carbonyl (C=O) groups is 1. The van der Waals surface area contributed by atoms with E-state index in [9.17, 15) is 10.1 Å². The van der Waals surface area contributed by atoms with Crippen molar-refractivity contribution in [2.75, 3.05) is 5.32 Å². The Morgan fingerprint density at radius 1 is 1.00 bits per heavy atom. The molecule has 5 heteroatoms. The Morgan fingerprint density at radius 2 is 1.74 bits per heavy atom. The van der Waals surface area contributed by atoms with E-state index in [-0.39, 0.29) is 5.57 Å². The van der Waals surface area contributed by atoms with Crippen LogP contribution in [0.15, 0.2) is 84.4 Å². The number of nitriles is 1. The second-order valence-corrected chi connectivity index (χ2v) is 6.03. The summed E-state index contributed by atoms with van der Waals surface area (Å²) >= 11 is 5.95. The highest BCUT2D eigenvalue weighted by Crippen LogP contribution is 2.29. The minimum absolute atomic E-state index is 0.0354. The van der Waals surface area contributed by atoms with Crippen molar-refractivity contribution in [2.24, 2.45) is 0 Å². The third-order valence-electron chi connectivity index (χ3n) is 3.63. The molecule has 0 atom stereocenters. The van der Waals surface area contributed by atoms with Gasteiger partial charge in [-0.1, -0.05) is 54.1 Å². The van der Waals surface area contributed by atoms with Gasteiger partial charge in [-0.05, 0) is 48.0 Å². The standard InChI is InChI=1S/C22H15ClN2O2/c23-18-8-6-7-16(14-18)13-17(15-24)22(26)25-20-11-4-5-12-21(20)27-19-9-2-1-3-10-19/h1-14H,(H,25,26)/b17-13+. The van der Waals surface area contributed by atoms with Gasteiger partial charge in [0.1, 0.15) is 17.4 Å². The lowest BCUT2D eigenvalue weighted by Gasteiger charge is -2.12. The van der Waals surface area contributed by atoms with Crippen molar-refractivity contribution in [3.63, 3.8) is 0 Å². The normalized spacial score (nSPS) is 10.7. The molecule has 0 saturated carbocycles. The van der Waals surface area contributed by atoms with Gasteiger partial charge < -0.3 is 10.1 Å². The molecule has 0 unspecified atom stereocenters. The molecule has 1 amide bonds. The Morgan fingerprint density at radius 3 is 2.48 bits per heavy atom. The molecule has 0 heterocycles. The zero-order chi connectivity index (χ0) is 19.1. The van der Waals surface area contributed by atoms with E-state index in [0.717, 1.165) is 0 Å². The van der Waals surface area contributed by atoms with Crippen LogP contribution in [0.4, 0.5) is 5.69 Å². The van der Waals surface area contributed by atoms with Crippen LogP contribution in [0.25, 0.3) is 6.08 Å². The zero-order valence-electron chi connectivity index (χ0n) is 14.2. The molecule has 0 spiro atoms. The van der Waals surface area contributed by atoms with Gasteiger partial charge in [-0.15, -0.1) is 0 Å². The number of hydrogen-bond donors (Lipinski definition) is 1. The highest BCUT2D eigenvalue weighted by Gasteiger charge is 2.13. The predicted octanol–water partition coefficient (Wildman–Crippen LogP) is 5.68. The number of benzene rings is 3. The van der Waals surface area contributed by atoms with Crippen LogP contribution in [0.1, 0.15) is 5.56 Å². The fourth-order valence-electron chi connectivity index (χ4n) is 2.38. The van der Waals surface area contributed by atoms with Gasteiger partial charge in [0.05, 0.1) is 5.69 Å².